The largest absolute Gasteiger partial charge is 0.465 e. The SMILES string of the molecule is CC(C)[C@@H](N)C(=O)N1CCCC1c1ncc(-c2ccc(-c3ccc(-c4cnc(C5CCCN5C(=O)O)[nH]4)cc3)cc2)[nH]1. The van der Waals surface area contributed by atoms with Crippen LogP contribution in [-0.2, 0) is 4.79 Å². The van der Waals surface area contributed by atoms with Crippen LogP contribution < -0.4 is 5.73 Å². The highest BCUT2D eigenvalue weighted by atomic mass is 16.4. The molecule has 2 aromatic heterocycles. The number of carbonyl (C=O) groups is 2. The molecule has 0 spiro atoms. The monoisotopic (exact) mass is 567 g/mol. The molecule has 2 aromatic carbocycles. The van der Waals surface area contributed by atoms with Crippen LogP contribution in [0.2, 0.25) is 0 Å². The van der Waals surface area contributed by atoms with Gasteiger partial charge in [-0.05, 0) is 53.9 Å². The zero-order valence-electron chi connectivity index (χ0n) is 24.0. The number of carboxylic acid groups (broad SMARTS) is 1. The summed E-state index contributed by atoms with van der Waals surface area (Å²) in [5.41, 5.74) is 12.1. The summed E-state index contributed by atoms with van der Waals surface area (Å²) in [6, 6.07) is 15.8. The number of amides is 2. The second-order valence-electron chi connectivity index (χ2n) is 11.6. The Morgan fingerprint density at radius 2 is 1.21 bits per heavy atom. The maximum atomic E-state index is 12.9. The van der Waals surface area contributed by atoms with Gasteiger partial charge in [-0.25, -0.2) is 14.8 Å². The van der Waals surface area contributed by atoms with Gasteiger partial charge >= 0.3 is 6.09 Å². The van der Waals surface area contributed by atoms with Gasteiger partial charge in [0, 0.05) is 13.1 Å². The zero-order valence-corrected chi connectivity index (χ0v) is 24.0. The molecular weight excluding hydrogens is 530 g/mol. The smallest absolute Gasteiger partial charge is 0.407 e. The molecule has 6 rings (SSSR count). The molecule has 218 valence electrons. The normalized spacial score (nSPS) is 19.5. The molecule has 10 heteroatoms. The van der Waals surface area contributed by atoms with E-state index < -0.39 is 12.1 Å². The Hall–Kier alpha value is -4.44. The maximum absolute atomic E-state index is 12.9. The number of hydrogen-bond acceptors (Lipinski definition) is 5. The number of imidazole rings is 2. The number of hydrogen-bond donors (Lipinski definition) is 4. The second kappa shape index (κ2) is 11.4. The Labute approximate surface area is 245 Å². The van der Waals surface area contributed by atoms with Gasteiger partial charge in [0.1, 0.15) is 11.6 Å². The highest BCUT2D eigenvalue weighted by Gasteiger charge is 2.35. The highest BCUT2D eigenvalue weighted by Crippen LogP contribution is 2.34. The molecule has 5 N–H and O–H groups in total. The Morgan fingerprint density at radius 1 is 0.786 bits per heavy atom. The Kier molecular flexibility index (Phi) is 7.55. The Bertz CT molecular complexity index is 1560. The summed E-state index contributed by atoms with van der Waals surface area (Å²) in [5.74, 6) is 1.58. The van der Waals surface area contributed by atoms with E-state index in [1.54, 1.807) is 6.20 Å². The van der Waals surface area contributed by atoms with Crippen LogP contribution in [0.15, 0.2) is 60.9 Å². The third-order valence-electron chi connectivity index (χ3n) is 8.59. The summed E-state index contributed by atoms with van der Waals surface area (Å²) >= 11 is 0. The lowest BCUT2D eigenvalue weighted by molar-refractivity contribution is -0.134. The van der Waals surface area contributed by atoms with Gasteiger partial charge in [-0.3, -0.25) is 9.69 Å². The maximum Gasteiger partial charge on any atom is 0.407 e. The molecule has 2 saturated heterocycles. The summed E-state index contributed by atoms with van der Waals surface area (Å²) in [7, 11) is 0. The average molecular weight is 568 g/mol. The van der Waals surface area contributed by atoms with Crippen LogP contribution in [0.25, 0.3) is 33.6 Å². The molecule has 10 nitrogen and oxygen atoms in total. The number of aromatic nitrogens is 4. The summed E-state index contributed by atoms with van der Waals surface area (Å²) in [6.45, 7) is 5.19. The van der Waals surface area contributed by atoms with Crippen LogP contribution in [-0.4, -0.2) is 66.0 Å². The van der Waals surface area contributed by atoms with E-state index >= 15 is 0 Å². The summed E-state index contributed by atoms with van der Waals surface area (Å²) in [4.78, 5) is 43.7. The quantitative estimate of drug-likeness (QED) is 0.229. The lowest BCUT2D eigenvalue weighted by Crippen LogP contribution is -2.46. The van der Waals surface area contributed by atoms with E-state index in [0.29, 0.717) is 18.9 Å². The molecular formula is C32H37N7O3. The van der Waals surface area contributed by atoms with Crippen molar-refractivity contribution in [3.8, 4) is 33.6 Å². The van der Waals surface area contributed by atoms with Gasteiger partial charge in [0.2, 0.25) is 5.91 Å². The molecule has 4 aromatic rings. The number of nitrogens with zero attached hydrogens (tertiary/aromatic N) is 4. The molecule has 2 amide bonds. The van der Waals surface area contributed by atoms with Crippen LogP contribution in [0.4, 0.5) is 4.79 Å². The fourth-order valence-corrected chi connectivity index (χ4v) is 6.06. The summed E-state index contributed by atoms with van der Waals surface area (Å²) in [5, 5.41) is 9.46. The van der Waals surface area contributed by atoms with E-state index in [9.17, 15) is 14.7 Å². The minimum Gasteiger partial charge on any atom is -0.465 e. The zero-order chi connectivity index (χ0) is 29.4. The second-order valence-corrected chi connectivity index (χ2v) is 11.6. The Morgan fingerprint density at radius 3 is 1.67 bits per heavy atom. The van der Waals surface area contributed by atoms with Crippen LogP contribution in [0.5, 0.6) is 0 Å². The van der Waals surface area contributed by atoms with Gasteiger partial charge in [-0.15, -0.1) is 0 Å². The van der Waals surface area contributed by atoms with E-state index in [1.807, 2.05) is 37.1 Å². The number of carbonyl (C=O) groups excluding carboxylic acids is 1. The third kappa shape index (κ3) is 5.30. The van der Waals surface area contributed by atoms with Crippen LogP contribution in [0, 0.1) is 5.92 Å². The molecule has 2 unspecified atom stereocenters. The van der Waals surface area contributed by atoms with Gasteiger partial charge in [0.15, 0.2) is 0 Å². The molecule has 4 heterocycles. The number of rotatable bonds is 7. The van der Waals surface area contributed by atoms with Crippen molar-refractivity contribution in [2.24, 2.45) is 11.7 Å². The summed E-state index contributed by atoms with van der Waals surface area (Å²) < 4.78 is 0. The predicted octanol–water partition coefficient (Wildman–Crippen LogP) is 5.60. The molecule has 2 fully saturated rings. The molecule has 42 heavy (non-hydrogen) atoms. The van der Waals surface area contributed by atoms with Gasteiger partial charge in [-0.2, -0.15) is 0 Å². The van der Waals surface area contributed by atoms with E-state index in [0.717, 1.165) is 65.1 Å². The van der Waals surface area contributed by atoms with Gasteiger partial charge in [0.05, 0.1) is 41.9 Å². The van der Waals surface area contributed by atoms with Crippen LogP contribution >= 0.6 is 0 Å². The first-order chi connectivity index (χ1) is 20.3. The third-order valence-corrected chi connectivity index (χ3v) is 8.59. The molecule has 2 aliphatic rings. The minimum absolute atomic E-state index is 0.00700. The standard InChI is InChI=1S/C32H37N7O3/c1-19(2)28(33)31(40)38-15-3-5-26(38)29-34-17-24(36-29)22-11-7-20(8-12-22)21-9-13-23(14-10-21)25-18-35-30(37-25)27-6-4-16-39(27)32(41)42/h7-14,17-19,26-28H,3-6,15-16,33H2,1-2H3,(H,34,36)(H,35,37)(H,41,42)/t26?,27?,28-/m1/s1. The number of aromatic amines is 2. The molecule has 2 aliphatic heterocycles. The van der Waals surface area contributed by atoms with Crippen LogP contribution in [0.3, 0.4) is 0 Å². The van der Waals surface area contributed by atoms with Crippen LogP contribution in [0.1, 0.15) is 63.3 Å². The fourth-order valence-electron chi connectivity index (χ4n) is 6.06. The van der Waals surface area contributed by atoms with Gasteiger partial charge in [-0.1, -0.05) is 62.4 Å². The topological polar surface area (TPSA) is 144 Å². The molecule has 0 bridgehead atoms. The fraction of sp³-hybridized carbons (Fsp3) is 0.375. The number of nitrogens with two attached hydrogens (primary N) is 1. The van der Waals surface area contributed by atoms with Gasteiger partial charge in [0.25, 0.3) is 0 Å². The molecule has 0 saturated carbocycles. The number of benzene rings is 2. The predicted molar refractivity (Wildman–Crippen MR) is 160 cm³/mol. The van der Waals surface area contributed by atoms with Crippen molar-refractivity contribution < 1.29 is 14.7 Å². The van der Waals surface area contributed by atoms with Crippen molar-refractivity contribution in [2.45, 2.75) is 57.7 Å². The first-order valence-corrected chi connectivity index (χ1v) is 14.7. The minimum atomic E-state index is -0.905. The van der Waals surface area contributed by atoms with Crippen molar-refractivity contribution >= 4 is 12.0 Å². The average Bonchev–Trinajstić information content (AvgIpc) is 3.82. The highest BCUT2D eigenvalue weighted by molar-refractivity contribution is 5.82. The molecule has 0 aliphatic carbocycles. The van der Waals surface area contributed by atoms with E-state index in [-0.39, 0.29) is 23.9 Å². The lowest BCUT2D eigenvalue weighted by atomic mass is 10.0. The number of likely N-dealkylation sites (tertiary alicyclic amines) is 2. The first kappa shape index (κ1) is 27.7. The molecule has 3 atom stereocenters. The lowest BCUT2D eigenvalue weighted by Gasteiger charge is -2.27. The van der Waals surface area contributed by atoms with Crippen molar-refractivity contribution in [2.75, 3.05) is 13.1 Å². The van der Waals surface area contributed by atoms with Gasteiger partial charge < -0.3 is 25.7 Å². The van der Waals surface area contributed by atoms with Crippen molar-refractivity contribution in [3.05, 3.63) is 72.6 Å². The first-order valence-electron chi connectivity index (χ1n) is 14.7. The van der Waals surface area contributed by atoms with E-state index in [2.05, 4.69) is 56.3 Å². The van der Waals surface area contributed by atoms with Crippen molar-refractivity contribution in [1.82, 2.24) is 29.7 Å². The summed E-state index contributed by atoms with van der Waals surface area (Å²) in [6.07, 6.45) is 6.14. The number of nitrogens with one attached hydrogen (secondary N) is 2. The van der Waals surface area contributed by atoms with Crippen molar-refractivity contribution in [3.63, 3.8) is 0 Å². The number of H-pyrrole nitrogens is 2. The van der Waals surface area contributed by atoms with Crippen molar-refractivity contribution in [1.29, 1.82) is 0 Å². The van der Waals surface area contributed by atoms with E-state index in [1.165, 1.54) is 4.90 Å². The molecule has 0 radical (unpaired) electrons. The van der Waals surface area contributed by atoms with E-state index in [4.69, 9.17) is 5.73 Å². The Balaban J connectivity index is 1.13.